The van der Waals surface area contributed by atoms with Crippen LogP contribution in [0.3, 0.4) is 0 Å². The van der Waals surface area contributed by atoms with Gasteiger partial charge in [0.05, 0.1) is 12.6 Å². The molecule has 0 bridgehead atoms. The molecule has 5 heteroatoms. The van der Waals surface area contributed by atoms with Gasteiger partial charge in [-0.15, -0.1) is 0 Å². The molecule has 1 fully saturated rings. The number of aliphatic hydroxyl groups is 1. The lowest BCUT2D eigenvalue weighted by Gasteiger charge is -2.23. The van der Waals surface area contributed by atoms with Crippen molar-refractivity contribution >= 4 is 5.91 Å². The van der Waals surface area contributed by atoms with Gasteiger partial charge < -0.3 is 20.2 Å². The minimum absolute atomic E-state index is 0.0900. The maximum atomic E-state index is 12.2. The molecule has 5 nitrogen and oxygen atoms in total. The van der Waals surface area contributed by atoms with E-state index in [1.807, 2.05) is 0 Å². The molecule has 1 aromatic rings. The van der Waals surface area contributed by atoms with E-state index in [4.69, 9.17) is 5.11 Å². The van der Waals surface area contributed by atoms with Crippen LogP contribution < -0.4 is 0 Å². The predicted molar refractivity (Wildman–Crippen MR) is 60.9 cm³/mol. The lowest BCUT2D eigenvalue weighted by Crippen LogP contribution is -2.37. The number of aromatic hydroxyl groups is 2. The molecule has 17 heavy (non-hydrogen) atoms. The van der Waals surface area contributed by atoms with Gasteiger partial charge in [0.25, 0.3) is 5.91 Å². The van der Waals surface area contributed by atoms with Crippen LogP contribution >= 0.6 is 0 Å². The zero-order valence-corrected chi connectivity index (χ0v) is 9.33. The second-order valence-electron chi connectivity index (χ2n) is 4.15. The molecule has 0 aliphatic carbocycles. The number of phenolic OH excluding ortho intramolecular Hbond substituents is 2. The normalized spacial score (nSPS) is 19.6. The lowest BCUT2D eigenvalue weighted by molar-refractivity contribution is 0.0671. The molecule has 92 valence electrons. The highest BCUT2D eigenvalue weighted by atomic mass is 16.3. The van der Waals surface area contributed by atoms with Crippen molar-refractivity contribution in [2.75, 3.05) is 13.2 Å². The fourth-order valence-corrected chi connectivity index (χ4v) is 2.18. The first-order chi connectivity index (χ1) is 8.15. The highest BCUT2D eigenvalue weighted by Gasteiger charge is 2.31. The van der Waals surface area contributed by atoms with Crippen LogP contribution in [0.25, 0.3) is 0 Å². The van der Waals surface area contributed by atoms with E-state index >= 15 is 0 Å². The van der Waals surface area contributed by atoms with Crippen molar-refractivity contribution in [3.8, 4) is 11.5 Å². The van der Waals surface area contributed by atoms with Crippen molar-refractivity contribution in [2.24, 2.45) is 0 Å². The quantitative estimate of drug-likeness (QED) is 0.707. The van der Waals surface area contributed by atoms with Crippen LogP contribution in [0.4, 0.5) is 0 Å². The van der Waals surface area contributed by atoms with Gasteiger partial charge in [-0.25, -0.2) is 0 Å². The van der Waals surface area contributed by atoms with Gasteiger partial charge in [-0.05, 0) is 25.0 Å². The van der Waals surface area contributed by atoms with Gasteiger partial charge in [0.15, 0.2) is 0 Å². The molecule has 3 N–H and O–H groups in total. The van der Waals surface area contributed by atoms with Crippen molar-refractivity contribution in [1.29, 1.82) is 0 Å². The molecule has 0 radical (unpaired) electrons. The van der Waals surface area contributed by atoms with Gasteiger partial charge in [0.1, 0.15) is 17.1 Å². The van der Waals surface area contributed by atoms with Crippen LogP contribution in [0.1, 0.15) is 23.2 Å². The van der Waals surface area contributed by atoms with Gasteiger partial charge in [0, 0.05) is 6.54 Å². The van der Waals surface area contributed by atoms with E-state index in [0.29, 0.717) is 6.54 Å². The molecule has 0 saturated carbocycles. The van der Waals surface area contributed by atoms with E-state index in [9.17, 15) is 15.0 Å². The zero-order valence-electron chi connectivity index (χ0n) is 9.33. The van der Waals surface area contributed by atoms with Crippen molar-refractivity contribution in [2.45, 2.75) is 18.9 Å². The molecule has 0 aromatic heterocycles. The maximum Gasteiger partial charge on any atom is 0.261 e. The molecule has 1 aromatic carbocycles. The summed E-state index contributed by atoms with van der Waals surface area (Å²) in [6.07, 6.45) is 1.57. The molecule has 1 saturated heterocycles. The monoisotopic (exact) mass is 237 g/mol. The average molecular weight is 237 g/mol. The molecule has 1 aliphatic heterocycles. The first-order valence-corrected chi connectivity index (χ1v) is 5.58. The third-order valence-electron chi connectivity index (χ3n) is 3.08. The Morgan fingerprint density at radius 1 is 1.35 bits per heavy atom. The van der Waals surface area contributed by atoms with Gasteiger partial charge in [0.2, 0.25) is 0 Å². The minimum atomic E-state index is -0.433. The Kier molecular flexibility index (Phi) is 3.19. The first kappa shape index (κ1) is 11.7. The number of likely N-dealkylation sites (tertiary alicyclic amines) is 1. The average Bonchev–Trinajstić information content (AvgIpc) is 2.76. The van der Waals surface area contributed by atoms with Crippen molar-refractivity contribution in [1.82, 2.24) is 4.90 Å². The van der Waals surface area contributed by atoms with Gasteiger partial charge in [-0.1, -0.05) is 6.07 Å². The van der Waals surface area contributed by atoms with Crippen LogP contribution in [0.2, 0.25) is 0 Å². The first-order valence-electron chi connectivity index (χ1n) is 5.58. The third-order valence-corrected chi connectivity index (χ3v) is 3.08. The fraction of sp³-hybridized carbons (Fsp3) is 0.417. The number of carbonyl (C=O) groups is 1. The number of amides is 1. The highest BCUT2D eigenvalue weighted by Crippen LogP contribution is 2.30. The number of nitrogens with zero attached hydrogens (tertiary/aromatic N) is 1. The Labute approximate surface area is 98.9 Å². The number of carbonyl (C=O) groups excluding carboxylic acids is 1. The predicted octanol–water partition coefficient (Wildman–Crippen LogP) is 0.695. The molecule has 1 heterocycles. The summed E-state index contributed by atoms with van der Waals surface area (Å²) < 4.78 is 0. The summed E-state index contributed by atoms with van der Waals surface area (Å²) in [4.78, 5) is 13.6. The Hall–Kier alpha value is -1.75. The molecule has 1 atom stereocenters. The van der Waals surface area contributed by atoms with Crippen LogP contribution in [0.15, 0.2) is 18.2 Å². The van der Waals surface area contributed by atoms with Crippen molar-refractivity contribution in [3.63, 3.8) is 0 Å². The van der Waals surface area contributed by atoms with E-state index in [1.165, 1.54) is 23.1 Å². The van der Waals surface area contributed by atoms with Crippen molar-refractivity contribution < 1.29 is 20.1 Å². The standard InChI is InChI=1S/C12H15NO4/c14-7-8-3-2-6-13(8)12(17)11-9(15)4-1-5-10(11)16/h1,4-5,8,14-16H,2-3,6-7H2/t8-/m0/s1. The molecular formula is C12H15NO4. The summed E-state index contributed by atoms with van der Waals surface area (Å²) in [7, 11) is 0. The van der Waals surface area contributed by atoms with Crippen LogP contribution in [0, 0.1) is 0 Å². The number of phenols is 2. The van der Waals surface area contributed by atoms with E-state index in [0.717, 1.165) is 12.8 Å². The maximum absolute atomic E-state index is 12.2. The summed E-state index contributed by atoms with van der Waals surface area (Å²) in [5.41, 5.74) is -0.0900. The Morgan fingerprint density at radius 3 is 2.59 bits per heavy atom. The number of hydrogen-bond donors (Lipinski definition) is 3. The van der Waals surface area contributed by atoms with Crippen LogP contribution in [0.5, 0.6) is 11.5 Å². The highest BCUT2D eigenvalue weighted by molar-refractivity contribution is 5.99. The van der Waals surface area contributed by atoms with Crippen molar-refractivity contribution in [3.05, 3.63) is 23.8 Å². The van der Waals surface area contributed by atoms with Crippen LogP contribution in [-0.4, -0.2) is 45.3 Å². The van der Waals surface area contributed by atoms with Gasteiger partial charge in [-0.2, -0.15) is 0 Å². The topological polar surface area (TPSA) is 81.0 Å². The number of hydrogen-bond acceptors (Lipinski definition) is 4. The Bertz CT molecular complexity index is 412. The van der Waals surface area contributed by atoms with E-state index in [1.54, 1.807) is 0 Å². The smallest absolute Gasteiger partial charge is 0.261 e. The van der Waals surface area contributed by atoms with Crippen LogP contribution in [-0.2, 0) is 0 Å². The number of rotatable bonds is 2. The summed E-state index contributed by atoms with van der Waals surface area (Å²) in [5.74, 6) is -0.908. The Morgan fingerprint density at radius 2 is 2.00 bits per heavy atom. The second kappa shape index (κ2) is 4.63. The summed E-state index contributed by atoms with van der Waals surface area (Å²) in [6.45, 7) is 0.442. The Balaban J connectivity index is 2.31. The zero-order chi connectivity index (χ0) is 12.4. The van der Waals surface area contributed by atoms with E-state index in [2.05, 4.69) is 0 Å². The fourth-order valence-electron chi connectivity index (χ4n) is 2.18. The second-order valence-corrected chi connectivity index (χ2v) is 4.15. The molecule has 0 unspecified atom stereocenters. The largest absolute Gasteiger partial charge is 0.507 e. The SMILES string of the molecule is O=C(c1c(O)cccc1O)N1CCC[C@H]1CO. The van der Waals surface area contributed by atoms with E-state index < -0.39 is 5.91 Å². The molecule has 1 amide bonds. The minimum Gasteiger partial charge on any atom is -0.507 e. The summed E-state index contributed by atoms with van der Waals surface area (Å²) in [5, 5.41) is 28.4. The van der Waals surface area contributed by atoms with Gasteiger partial charge in [-0.3, -0.25) is 4.79 Å². The third kappa shape index (κ3) is 2.06. The molecule has 2 rings (SSSR count). The number of benzene rings is 1. The summed E-state index contributed by atoms with van der Waals surface area (Å²) >= 11 is 0. The lowest BCUT2D eigenvalue weighted by atomic mass is 10.1. The molecule has 0 spiro atoms. The van der Waals surface area contributed by atoms with Gasteiger partial charge >= 0.3 is 0 Å². The summed E-state index contributed by atoms with van der Waals surface area (Å²) in [6, 6.07) is 3.96. The molecule has 1 aliphatic rings. The molecular weight excluding hydrogens is 222 g/mol. The number of aliphatic hydroxyl groups excluding tert-OH is 1. The van der Waals surface area contributed by atoms with E-state index in [-0.39, 0.29) is 29.7 Å².